The molecule has 0 spiro atoms. The minimum atomic E-state index is -0.585. The van der Waals surface area contributed by atoms with Crippen LogP contribution in [0.2, 0.25) is 0 Å². The maximum absolute atomic E-state index is 11.5. The molecule has 2 rings (SSSR count). The van der Waals surface area contributed by atoms with Crippen molar-refractivity contribution in [2.45, 2.75) is 31.4 Å². The second-order valence-corrected chi connectivity index (χ2v) is 4.15. The highest BCUT2D eigenvalue weighted by Gasteiger charge is 2.42. The lowest BCUT2D eigenvalue weighted by Crippen LogP contribution is -2.50. The van der Waals surface area contributed by atoms with Gasteiger partial charge in [0.2, 0.25) is 0 Å². The normalized spacial score (nSPS) is 33.5. The second-order valence-electron chi connectivity index (χ2n) is 4.15. The lowest BCUT2D eigenvalue weighted by Gasteiger charge is -2.32. The van der Waals surface area contributed by atoms with Crippen LogP contribution >= 0.6 is 0 Å². The molecule has 5 heteroatoms. The fraction of sp³-hybridized carbons (Fsp3) is 0.900. The largest absolute Gasteiger partial charge is 0.468 e. The van der Waals surface area contributed by atoms with Gasteiger partial charge in [-0.25, -0.2) is 10.0 Å². The van der Waals surface area contributed by atoms with Crippen molar-refractivity contribution in [2.24, 2.45) is 0 Å². The van der Waals surface area contributed by atoms with Crippen molar-refractivity contribution < 1.29 is 14.6 Å². The average molecular weight is 214 g/mol. The Morgan fingerprint density at radius 2 is 2.00 bits per heavy atom. The van der Waals surface area contributed by atoms with Crippen LogP contribution in [0.4, 0.5) is 0 Å². The molecule has 0 aromatic carbocycles. The van der Waals surface area contributed by atoms with Crippen molar-refractivity contribution in [2.75, 3.05) is 26.7 Å². The van der Waals surface area contributed by atoms with E-state index < -0.39 is 12.1 Å². The van der Waals surface area contributed by atoms with Gasteiger partial charge in [-0.3, -0.25) is 4.79 Å². The quantitative estimate of drug-likeness (QED) is 0.634. The van der Waals surface area contributed by atoms with Crippen molar-refractivity contribution in [3.05, 3.63) is 0 Å². The lowest BCUT2D eigenvalue weighted by molar-refractivity contribution is -0.156. The van der Waals surface area contributed by atoms with Gasteiger partial charge >= 0.3 is 5.97 Å². The Morgan fingerprint density at radius 1 is 1.33 bits per heavy atom. The fourth-order valence-corrected chi connectivity index (χ4v) is 2.43. The third-order valence-corrected chi connectivity index (χ3v) is 3.23. The molecule has 0 aromatic rings. The summed E-state index contributed by atoms with van der Waals surface area (Å²) in [6.07, 6.45) is 2.40. The Balaban J connectivity index is 2.06. The first-order valence-electron chi connectivity index (χ1n) is 5.51. The summed E-state index contributed by atoms with van der Waals surface area (Å²) in [6.45, 7) is 2.72. The summed E-state index contributed by atoms with van der Waals surface area (Å²) < 4.78 is 4.73. The number of hydrogen-bond donors (Lipinski definition) is 1. The van der Waals surface area contributed by atoms with E-state index in [1.165, 1.54) is 20.0 Å². The van der Waals surface area contributed by atoms with Gasteiger partial charge < -0.3 is 9.84 Å². The van der Waals surface area contributed by atoms with Crippen molar-refractivity contribution >= 4 is 5.97 Å². The third-order valence-electron chi connectivity index (χ3n) is 3.23. The standard InChI is InChI=1S/C10H18N2O3/c1-15-10(14)9-8(13)4-7-12(9)11-5-2-3-6-11/h8-9,13H,2-7H2,1H3/t8?,9-/m0/s1. The second kappa shape index (κ2) is 4.47. The predicted octanol–water partition coefficient (Wildman–Crippen LogP) is -0.395. The highest BCUT2D eigenvalue weighted by atomic mass is 16.5. The molecule has 0 aliphatic carbocycles. The zero-order chi connectivity index (χ0) is 10.8. The Kier molecular flexibility index (Phi) is 3.23. The van der Waals surface area contributed by atoms with E-state index in [4.69, 9.17) is 4.74 Å². The number of ether oxygens (including phenoxy) is 1. The summed E-state index contributed by atoms with van der Waals surface area (Å²) in [5.74, 6) is -0.327. The van der Waals surface area contributed by atoms with Gasteiger partial charge in [0, 0.05) is 19.6 Å². The summed E-state index contributed by atoms with van der Waals surface area (Å²) >= 11 is 0. The third kappa shape index (κ3) is 2.00. The molecule has 2 aliphatic heterocycles. The number of nitrogens with zero attached hydrogens (tertiary/aromatic N) is 2. The Bertz CT molecular complexity index is 241. The minimum absolute atomic E-state index is 0.327. The van der Waals surface area contributed by atoms with E-state index in [2.05, 4.69) is 5.01 Å². The number of hydrogen-bond acceptors (Lipinski definition) is 5. The topological polar surface area (TPSA) is 53.0 Å². The molecule has 1 unspecified atom stereocenters. The first-order valence-corrected chi connectivity index (χ1v) is 5.51. The highest BCUT2D eigenvalue weighted by molar-refractivity contribution is 5.76. The van der Waals surface area contributed by atoms with Crippen LogP contribution in [0.3, 0.4) is 0 Å². The summed E-state index contributed by atoms with van der Waals surface area (Å²) in [4.78, 5) is 11.5. The number of carbonyl (C=O) groups is 1. The summed E-state index contributed by atoms with van der Waals surface area (Å²) in [5.41, 5.74) is 0. The molecule has 0 saturated carbocycles. The Morgan fingerprint density at radius 3 is 2.60 bits per heavy atom. The number of aliphatic hydroxyl groups excluding tert-OH is 1. The minimum Gasteiger partial charge on any atom is -0.468 e. The molecular formula is C10H18N2O3. The van der Waals surface area contributed by atoms with Gasteiger partial charge in [-0.05, 0) is 19.3 Å². The maximum atomic E-state index is 11.5. The van der Waals surface area contributed by atoms with Crippen LogP contribution in [0, 0.1) is 0 Å². The van der Waals surface area contributed by atoms with Gasteiger partial charge in [0.25, 0.3) is 0 Å². The van der Waals surface area contributed by atoms with Crippen LogP contribution in [0.5, 0.6) is 0 Å². The zero-order valence-corrected chi connectivity index (χ0v) is 9.06. The maximum Gasteiger partial charge on any atom is 0.327 e. The van der Waals surface area contributed by atoms with Gasteiger partial charge in [0.05, 0.1) is 13.2 Å². The van der Waals surface area contributed by atoms with E-state index in [0.717, 1.165) is 19.6 Å². The van der Waals surface area contributed by atoms with Gasteiger partial charge in [0.1, 0.15) is 6.04 Å². The predicted molar refractivity (Wildman–Crippen MR) is 53.9 cm³/mol. The van der Waals surface area contributed by atoms with Crippen molar-refractivity contribution in [3.8, 4) is 0 Å². The van der Waals surface area contributed by atoms with Gasteiger partial charge in [-0.15, -0.1) is 0 Å². The molecule has 15 heavy (non-hydrogen) atoms. The Labute approximate surface area is 89.6 Å². The first-order chi connectivity index (χ1) is 7.24. The highest BCUT2D eigenvalue weighted by Crippen LogP contribution is 2.24. The van der Waals surface area contributed by atoms with E-state index >= 15 is 0 Å². The SMILES string of the molecule is COC(=O)[C@@H]1C(O)CCN1N1CCCC1. The van der Waals surface area contributed by atoms with E-state index in [-0.39, 0.29) is 5.97 Å². The molecule has 5 nitrogen and oxygen atoms in total. The van der Waals surface area contributed by atoms with Crippen LogP contribution < -0.4 is 0 Å². The number of carbonyl (C=O) groups excluding carboxylic acids is 1. The van der Waals surface area contributed by atoms with Crippen LogP contribution in [-0.2, 0) is 9.53 Å². The van der Waals surface area contributed by atoms with Gasteiger partial charge in [-0.2, -0.15) is 0 Å². The molecule has 2 atom stereocenters. The summed E-state index contributed by atoms with van der Waals surface area (Å²) in [6, 6.07) is -0.493. The molecule has 1 N–H and O–H groups in total. The molecule has 2 heterocycles. The van der Waals surface area contributed by atoms with Crippen molar-refractivity contribution in [1.82, 2.24) is 10.0 Å². The fourth-order valence-electron chi connectivity index (χ4n) is 2.43. The van der Waals surface area contributed by atoms with Crippen LogP contribution in [0.15, 0.2) is 0 Å². The van der Waals surface area contributed by atoms with Crippen molar-refractivity contribution in [1.29, 1.82) is 0 Å². The van der Waals surface area contributed by atoms with Crippen LogP contribution in [0.1, 0.15) is 19.3 Å². The van der Waals surface area contributed by atoms with E-state index in [0.29, 0.717) is 6.42 Å². The molecule has 0 amide bonds. The van der Waals surface area contributed by atoms with Crippen LogP contribution in [0.25, 0.3) is 0 Å². The van der Waals surface area contributed by atoms with Crippen molar-refractivity contribution in [3.63, 3.8) is 0 Å². The molecule has 2 aliphatic rings. The van der Waals surface area contributed by atoms with E-state index in [1.54, 1.807) is 0 Å². The smallest absolute Gasteiger partial charge is 0.327 e. The number of esters is 1. The number of hydrazine groups is 1. The molecule has 0 aromatic heterocycles. The van der Waals surface area contributed by atoms with Crippen LogP contribution in [-0.4, -0.2) is 60.0 Å². The summed E-state index contributed by atoms with van der Waals surface area (Å²) in [7, 11) is 1.37. The number of aliphatic hydroxyl groups is 1. The zero-order valence-electron chi connectivity index (χ0n) is 9.06. The average Bonchev–Trinajstić information content (AvgIpc) is 2.85. The number of rotatable bonds is 2. The molecule has 0 bridgehead atoms. The monoisotopic (exact) mass is 214 g/mol. The van der Waals surface area contributed by atoms with Gasteiger partial charge in [-0.1, -0.05) is 0 Å². The molecule has 2 fully saturated rings. The molecule has 2 saturated heterocycles. The van der Waals surface area contributed by atoms with E-state index in [9.17, 15) is 9.90 Å². The van der Waals surface area contributed by atoms with Gasteiger partial charge in [0.15, 0.2) is 0 Å². The molecule has 0 radical (unpaired) electrons. The summed E-state index contributed by atoms with van der Waals surface area (Å²) in [5, 5.41) is 13.9. The van der Waals surface area contributed by atoms with E-state index in [1.807, 2.05) is 5.01 Å². The number of methoxy groups -OCH3 is 1. The molecule has 86 valence electrons. The Hall–Kier alpha value is -0.650. The first kappa shape index (κ1) is 10.9. The lowest BCUT2D eigenvalue weighted by atomic mass is 10.2. The molecular weight excluding hydrogens is 196 g/mol.